The number of aliphatic hydroxyl groups is 1. The summed E-state index contributed by atoms with van der Waals surface area (Å²) < 4.78 is 0. The molecule has 0 heterocycles. The zero-order valence-corrected chi connectivity index (χ0v) is 10.4. The molecule has 0 saturated carbocycles. The lowest BCUT2D eigenvalue weighted by Gasteiger charge is -2.18. The van der Waals surface area contributed by atoms with Crippen LogP contribution in [0.2, 0.25) is 10.0 Å². The van der Waals surface area contributed by atoms with E-state index in [1.807, 2.05) is 24.3 Å². The zero-order chi connectivity index (χ0) is 11.5. The minimum absolute atomic E-state index is 0.301. The molecule has 2 rings (SSSR count). The van der Waals surface area contributed by atoms with E-state index in [1.54, 1.807) is 0 Å². The van der Waals surface area contributed by atoms with Crippen molar-refractivity contribution >= 4 is 23.2 Å². The van der Waals surface area contributed by atoms with Gasteiger partial charge in [0, 0.05) is 10.0 Å². The second-order valence-corrected chi connectivity index (χ2v) is 4.98. The minimum Gasteiger partial charge on any atom is -0.389 e. The van der Waals surface area contributed by atoms with Crippen molar-refractivity contribution in [3.63, 3.8) is 0 Å². The maximum absolute atomic E-state index is 9.55. The molecule has 1 nitrogen and oxygen atoms in total. The van der Waals surface area contributed by atoms with Crippen LogP contribution in [0.4, 0.5) is 0 Å². The Kier molecular flexibility index (Phi) is 3.91. The van der Waals surface area contributed by atoms with Crippen molar-refractivity contribution in [3.8, 4) is 0 Å². The van der Waals surface area contributed by atoms with Crippen molar-refractivity contribution in [2.45, 2.75) is 31.8 Å². The van der Waals surface area contributed by atoms with Gasteiger partial charge in [-0.3, -0.25) is 0 Å². The second kappa shape index (κ2) is 5.22. The van der Waals surface area contributed by atoms with Gasteiger partial charge in [-0.2, -0.15) is 0 Å². The van der Waals surface area contributed by atoms with Crippen LogP contribution < -0.4 is 0 Å². The number of allylic oxidation sites excluding steroid dienone is 1. The number of halogens is 2. The smallest absolute Gasteiger partial charge is 0.0723 e. The molecule has 1 unspecified atom stereocenters. The van der Waals surface area contributed by atoms with Gasteiger partial charge in [-0.05, 0) is 43.4 Å². The summed E-state index contributed by atoms with van der Waals surface area (Å²) in [5, 5.41) is 11.0. The molecular weight excluding hydrogens is 243 g/mol. The fourth-order valence-corrected chi connectivity index (χ4v) is 2.58. The van der Waals surface area contributed by atoms with Crippen LogP contribution in [0.25, 0.3) is 0 Å². The predicted molar refractivity (Wildman–Crippen MR) is 68.1 cm³/mol. The molecule has 0 radical (unpaired) electrons. The van der Waals surface area contributed by atoms with Gasteiger partial charge < -0.3 is 5.11 Å². The summed E-state index contributed by atoms with van der Waals surface area (Å²) >= 11 is 12.2. The molecular formula is C13H14Cl2O. The molecule has 0 aromatic heterocycles. The van der Waals surface area contributed by atoms with Crippen LogP contribution in [-0.2, 0) is 6.42 Å². The number of hydrogen-bond donors (Lipinski definition) is 1. The standard InChI is InChI=1S/C13H14Cl2O/c14-12-5-2-6-13(15)11(12)8-9-3-1-4-10(16)7-9/h2,5-7,10,16H,1,3-4,8H2. The first-order valence-electron chi connectivity index (χ1n) is 5.47. The van der Waals surface area contributed by atoms with Gasteiger partial charge in [-0.15, -0.1) is 0 Å². The molecule has 0 fully saturated rings. The maximum Gasteiger partial charge on any atom is 0.0723 e. The molecule has 1 aliphatic carbocycles. The lowest BCUT2D eigenvalue weighted by atomic mass is 9.93. The highest BCUT2D eigenvalue weighted by atomic mass is 35.5. The van der Waals surface area contributed by atoms with E-state index in [-0.39, 0.29) is 6.10 Å². The minimum atomic E-state index is -0.301. The third kappa shape index (κ3) is 2.79. The Bertz CT molecular complexity index is 392. The van der Waals surface area contributed by atoms with Gasteiger partial charge in [0.15, 0.2) is 0 Å². The quantitative estimate of drug-likeness (QED) is 0.794. The molecule has 1 aliphatic rings. The van der Waals surface area contributed by atoms with Gasteiger partial charge in [0.2, 0.25) is 0 Å². The van der Waals surface area contributed by atoms with E-state index in [0.717, 1.165) is 31.2 Å². The third-order valence-corrected chi connectivity index (χ3v) is 3.60. The number of aliphatic hydroxyl groups excluding tert-OH is 1. The van der Waals surface area contributed by atoms with E-state index in [0.29, 0.717) is 10.0 Å². The van der Waals surface area contributed by atoms with Crippen LogP contribution in [-0.4, -0.2) is 11.2 Å². The monoisotopic (exact) mass is 256 g/mol. The fraction of sp³-hybridized carbons (Fsp3) is 0.385. The molecule has 0 aliphatic heterocycles. The molecule has 0 amide bonds. The molecule has 0 spiro atoms. The van der Waals surface area contributed by atoms with Crippen molar-refractivity contribution < 1.29 is 5.11 Å². The summed E-state index contributed by atoms with van der Waals surface area (Å²) in [5.41, 5.74) is 2.19. The van der Waals surface area contributed by atoms with Gasteiger partial charge in [0.1, 0.15) is 0 Å². The first kappa shape index (κ1) is 12.0. The first-order valence-corrected chi connectivity index (χ1v) is 6.23. The van der Waals surface area contributed by atoms with Crippen LogP contribution in [0.5, 0.6) is 0 Å². The first-order chi connectivity index (χ1) is 7.66. The van der Waals surface area contributed by atoms with Gasteiger partial charge in [0.25, 0.3) is 0 Å². The fourth-order valence-electron chi connectivity index (χ4n) is 2.05. The SMILES string of the molecule is OC1C=C(Cc2c(Cl)cccc2Cl)CCC1. The average Bonchev–Trinajstić information content (AvgIpc) is 2.24. The van der Waals surface area contributed by atoms with E-state index in [2.05, 4.69) is 0 Å². The van der Waals surface area contributed by atoms with Crippen molar-refractivity contribution in [3.05, 3.63) is 45.5 Å². The lowest BCUT2D eigenvalue weighted by molar-refractivity contribution is 0.202. The lowest BCUT2D eigenvalue weighted by Crippen LogP contribution is -2.10. The maximum atomic E-state index is 9.55. The number of hydrogen-bond acceptors (Lipinski definition) is 1. The summed E-state index contributed by atoms with van der Waals surface area (Å²) in [6.45, 7) is 0. The van der Waals surface area contributed by atoms with Crippen molar-refractivity contribution in [1.29, 1.82) is 0 Å². The Morgan fingerprint density at radius 1 is 1.25 bits per heavy atom. The molecule has 1 aromatic carbocycles. The van der Waals surface area contributed by atoms with Crippen LogP contribution in [0, 0.1) is 0 Å². The topological polar surface area (TPSA) is 20.2 Å². The molecule has 1 aromatic rings. The predicted octanol–water partition coefficient (Wildman–Crippen LogP) is 4.01. The largest absolute Gasteiger partial charge is 0.389 e. The van der Waals surface area contributed by atoms with Crippen LogP contribution in [0.1, 0.15) is 24.8 Å². The Balaban J connectivity index is 2.20. The van der Waals surface area contributed by atoms with E-state index in [4.69, 9.17) is 23.2 Å². The van der Waals surface area contributed by atoms with Crippen LogP contribution >= 0.6 is 23.2 Å². The Morgan fingerprint density at radius 3 is 2.56 bits per heavy atom. The van der Waals surface area contributed by atoms with Gasteiger partial charge in [-0.25, -0.2) is 0 Å². The van der Waals surface area contributed by atoms with E-state index in [1.165, 1.54) is 5.57 Å². The van der Waals surface area contributed by atoms with E-state index >= 15 is 0 Å². The second-order valence-electron chi connectivity index (χ2n) is 4.16. The highest BCUT2D eigenvalue weighted by Gasteiger charge is 2.13. The van der Waals surface area contributed by atoms with E-state index in [9.17, 15) is 5.11 Å². The molecule has 0 bridgehead atoms. The Morgan fingerprint density at radius 2 is 1.94 bits per heavy atom. The van der Waals surface area contributed by atoms with Crippen LogP contribution in [0.3, 0.4) is 0 Å². The van der Waals surface area contributed by atoms with Crippen LogP contribution in [0.15, 0.2) is 29.8 Å². The highest BCUT2D eigenvalue weighted by molar-refractivity contribution is 6.36. The molecule has 1 atom stereocenters. The Hall–Kier alpha value is -0.500. The molecule has 0 saturated heterocycles. The number of benzene rings is 1. The zero-order valence-electron chi connectivity index (χ0n) is 8.92. The summed E-state index contributed by atoms with van der Waals surface area (Å²) in [5.74, 6) is 0. The molecule has 86 valence electrons. The van der Waals surface area contributed by atoms with Gasteiger partial charge >= 0.3 is 0 Å². The van der Waals surface area contributed by atoms with E-state index < -0.39 is 0 Å². The molecule has 1 N–H and O–H groups in total. The summed E-state index contributed by atoms with van der Waals surface area (Å²) in [6.07, 6.45) is 5.30. The van der Waals surface area contributed by atoms with Crippen molar-refractivity contribution in [2.75, 3.05) is 0 Å². The normalized spacial score (nSPS) is 20.7. The van der Waals surface area contributed by atoms with Crippen molar-refractivity contribution in [2.24, 2.45) is 0 Å². The highest BCUT2D eigenvalue weighted by Crippen LogP contribution is 2.29. The van der Waals surface area contributed by atoms with Gasteiger partial charge in [-0.1, -0.05) is 40.9 Å². The average molecular weight is 257 g/mol. The summed E-state index contributed by atoms with van der Waals surface area (Å²) in [4.78, 5) is 0. The number of rotatable bonds is 2. The molecule has 3 heteroatoms. The summed E-state index contributed by atoms with van der Waals surface area (Å²) in [7, 11) is 0. The third-order valence-electron chi connectivity index (χ3n) is 2.89. The molecule has 16 heavy (non-hydrogen) atoms. The van der Waals surface area contributed by atoms with Crippen molar-refractivity contribution in [1.82, 2.24) is 0 Å². The van der Waals surface area contributed by atoms with Gasteiger partial charge in [0.05, 0.1) is 6.10 Å². The summed E-state index contributed by atoms with van der Waals surface area (Å²) in [6, 6.07) is 5.55. The Labute approximate surface area is 106 Å².